The van der Waals surface area contributed by atoms with Crippen LogP contribution in [0.25, 0.3) is 0 Å². The van der Waals surface area contributed by atoms with Crippen molar-refractivity contribution in [1.82, 2.24) is 9.80 Å². The molecule has 0 N–H and O–H groups in total. The van der Waals surface area contributed by atoms with Crippen LogP contribution in [-0.2, 0) is 6.42 Å². The highest BCUT2D eigenvalue weighted by Crippen LogP contribution is 2.20. The van der Waals surface area contributed by atoms with E-state index in [-0.39, 0.29) is 5.91 Å². The number of ether oxygens (including phenoxy) is 1. The highest BCUT2D eigenvalue weighted by molar-refractivity contribution is 7.08. The molecule has 140 valence electrons. The summed E-state index contributed by atoms with van der Waals surface area (Å²) in [6.45, 7) is 3.87. The minimum absolute atomic E-state index is 0.165. The SMILES string of the molecule is COc1ccc(CCN(CC2CCN(C)CC2)C(=O)c2ccsc2)cc1. The van der Waals surface area contributed by atoms with Crippen molar-refractivity contribution >= 4 is 17.2 Å². The lowest BCUT2D eigenvalue weighted by molar-refractivity contribution is 0.0701. The van der Waals surface area contributed by atoms with Gasteiger partial charge < -0.3 is 14.5 Å². The minimum Gasteiger partial charge on any atom is -0.497 e. The van der Waals surface area contributed by atoms with Gasteiger partial charge in [-0.1, -0.05) is 12.1 Å². The topological polar surface area (TPSA) is 32.8 Å². The zero-order valence-corrected chi connectivity index (χ0v) is 16.5. The number of rotatable bonds is 7. The second-order valence-electron chi connectivity index (χ2n) is 7.11. The van der Waals surface area contributed by atoms with Crippen LogP contribution in [0.2, 0.25) is 0 Å². The van der Waals surface area contributed by atoms with Crippen LogP contribution in [0.4, 0.5) is 0 Å². The molecule has 3 rings (SSSR count). The van der Waals surface area contributed by atoms with Gasteiger partial charge in [0, 0.05) is 18.5 Å². The lowest BCUT2D eigenvalue weighted by atomic mass is 9.96. The summed E-state index contributed by atoms with van der Waals surface area (Å²) < 4.78 is 5.22. The maximum absolute atomic E-state index is 13.0. The molecule has 0 aliphatic carbocycles. The third kappa shape index (κ3) is 5.08. The molecule has 5 heteroatoms. The lowest BCUT2D eigenvalue weighted by Gasteiger charge is -2.33. The first-order valence-corrected chi connectivity index (χ1v) is 10.2. The van der Waals surface area contributed by atoms with Crippen LogP contribution in [0.1, 0.15) is 28.8 Å². The number of likely N-dealkylation sites (tertiary alicyclic amines) is 1. The molecule has 0 spiro atoms. The number of piperidine rings is 1. The van der Waals surface area contributed by atoms with E-state index in [0.717, 1.165) is 43.9 Å². The first kappa shape index (κ1) is 18.9. The molecule has 1 aromatic heterocycles. The number of nitrogens with zero attached hydrogens (tertiary/aromatic N) is 2. The van der Waals surface area contributed by atoms with Gasteiger partial charge >= 0.3 is 0 Å². The van der Waals surface area contributed by atoms with Crippen LogP contribution < -0.4 is 4.74 Å². The summed E-state index contributed by atoms with van der Waals surface area (Å²) in [6, 6.07) is 10.1. The summed E-state index contributed by atoms with van der Waals surface area (Å²) in [5.74, 6) is 1.63. The van der Waals surface area contributed by atoms with Gasteiger partial charge in [-0.3, -0.25) is 4.79 Å². The van der Waals surface area contributed by atoms with Gasteiger partial charge in [0.25, 0.3) is 5.91 Å². The summed E-state index contributed by atoms with van der Waals surface area (Å²) in [7, 11) is 3.85. The molecular weight excluding hydrogens is 344 g/mol. The van der Waals surface area contributed by atoms with E-state index in [0.29, 0.717) is 5.92 Å². The molecule has 26 heavy (non-hydrogen) atoms. The third-order valence-corrected chi connectivity index (χ3v) is 5.88. The first-order chi connectivity index (χ1) is 12.7. The van der Waals surface area contributed by atoms with E-state index >= 15 is 0 Å². The summed E-state index contributed by atoms with van der Waals surface area (Å²) in [5, 5.41) is 3.93. The van der Waals surface area contributed by atoms with Gasteiger partial charge in [-0.05, 0) is 74.5 Å². The van der Waals surface area contributed by atoms with Crippen molar-refractivity contribution < 1.29 is 9.53 Å². The van der Waals surface area contributed by atoms with Gasteiger partial charge in [0.2, 0.25) is 0 Å². The Kier molecular flexibility index (Phi) is 6.69. The van der Waals surface area contributed by atoms with Crippen LogP contribution in [0.15, 0.2) is 41.1 Å². The third-order valence-electron chi connectivity index (χ3n) is 5.20. The average Bonchev–Trinajstić information content (AvgIpc) is 3.21. The molecular formula is C21H28N2O2S. The van der Waals surface area contributed by atoms with Gasteiger partial charge in [-0.15, -0.1) is 0 Å². The van der Waals surface area contributed by atoms with Crippen molar-refractivity contribution in [2.75, 3.05) is 40.3 Å². The Balaban J connectivity index is 1.64. The number of amides is 1. The number of benzene rings is 1. The molecule has 1 fully saturated rings. The summed E-state index contributed by atoms with van der Waals surface area (Å²) >= 11 is 1.58. The van der Waals surface area contributed by atoms with Crippen molar-refractivity contribution in [1.29, 1.82) is 0 Å². The van der Waals surface area contributed by atoms with Crippen molar-refractivity contribution in [2.24, 2.45) is 5.92 Å². The molecule has 1 aliphatic rings. The molecule has 0 unspecified atom stereocenters. The summed E-state index contributed by atoms with van der Waals surface area (Å²) in [5.41, 5.74) is 2.05. The van der Waals surface area contributed by atoms with E-state index in [1.807, 2.05) is 29.0 Å². The molecule has 0 bridgehead atoms. The fourth-order valence-corrected chi connectivity index (χ4v) is 4.09. The minimum atomic E-state index is 0.165. The van der Waals surface area contributed by atoms with Gasteiger partial charge in [0.05, 0.1) is 12.7 Å². The van der Waals surface area contributed by atoms with E-state index in [1.54, 1.807) is 18.4 Å². The maximum Gasteiger partial charge on any atom is 0.254 e. The molecule has 0 atom stereocenters. The molecule has 1 saturated heterocycles. The Morgan fingerprint density at radius 2 is 1.96 bits per heavy atom. The molecule has 1 aromatic carbocycles. The number of thiophene rings is 1. The lowest BCUT2D eigenvalue weighted by Crippen LogP contribution is -2.40. The quantitative estimate of drug-likeness (QED) is 0.741. The largest absolute Gasteiger partial charge is 0.497 e. The first-order valence-electron chi connectivity index (χ1n) is 9.28. The van der Waals surface area contributed by atoms with Gasteiger partial charge in [0.15, 0.2) is 0 Å². The summed E-state index contributed by atoms with van der Waals surface area (Å²) in [6.07, 6.45) is 3.21. The Labute approximate surface area is 160 Å². The number of hydrogen-bond acceptors (Lipinski definition) is 4. The zero-order valence-electron chi connectivity index (χ0n) is 15.7. The maximum atomic E-state index is 13.0. The molecule has 0 radical (unpaired) electrons. The van der Waals surface area contributed by atoms with Gasteiger partial charge in [-0.2, -0.15) is 11.3 Å². The van der Waals surface area contributed by atoms with Gasteiger partial charge in [0.1, 0.15) is 5.75 Å². The monoisotopic (exact) mass is 372 g/mol. The molecule has 0 saturated carbocycles. The Bertz CT molecular complexity index is 677. The van der Waals surface area contributed by atoms with Crippen LogP contribution in [0, 0.1) is 5.92 Å². The van der Waals surface area contributed by atoms with E-state index in [1.165, 1.54) is 18.4 Å². The highest BCUT2D eigenvalue weighted by Gasteiger charge is 2.23. The Morgan fingerprint density at radius 1 is 1.23 bits per heavy atom. The molecule has 1 aliphatic heterocycles. The number of carbonyl (C=O) groups is 1. The van der Waals surface area contributed by atoms with Crippen molar-refractivity contribution in [3.8, 4) is 5.75 Å². The Hall–Kier alpha value is -1.85. The normalized spacial score (nSPS) is 15.8. The van der Waals surface area contributed by atoms with Crippen LogP contribution >= 0.6 is 11.3 Å². The second kappa shape index (κ2) is 9.19. The molecule has 1 amide bonds. The van der Waals surface area contributed by atoms with Crippen molar-refractivity contribution in [3.05, 3.63) is 52.2 Å². The predicted molar refractivity (Wildman–Crippen MR) is 107 cm³/mol. The van der Waals surface area contributed by atoms with E-state index in [2.05, 4.69) is 29.0 Å². The van der Waals surface area contributed by atoms with Crippen molar-refractivity contribution in [2.45, 2.75) is 19.3 Å². The Morgan fingerprint density at radius 3 is 2.58 bits per heavy atom. The van der Waals surface area contributed by atoms with E-state index < -0.39 is 0 Å². The predicted octanol–water partition coefficient (Wildman–Crippen LogP) is 3.78. The highest BCUT2D eigenvalue weighted by atomic mass is 32.1. The smallest absolute Gasteiger partial charge is 0.254 e. The standard InChI is InChI=1S/C21H28N2O2S/c1-22-11-7-18(8-12-22)15-23(21(24)19-10-14-26-16-19)13-9-17-3-5-20(25-2)6-4-17/h3-6,10,14,16,18H,7-9,11-13,15H2,1-2H3. The number of carbonyl (C=O) groups excluding carboxylic acids is 1. The molecule has 2 heterocycles. The fraction of sp³-hybridized carbons (Fsp3) is 0.476. The summed E-state index contributed by atoms with van der Waals surface area (Å²) in [4.78, 5) is 17.4. The van der Waals surface area contributed by atoms with E-state index in [9.17, 15) is 4.79 Å². The average molecular weight is 373 g/mol. The number of hydrogen-bond donors (Lipinski definition) is 0. The fourth-order valence-electron chi connectivity index (χ4n) is 3.46. The van der Waals surface area contributed by atoms with Crippen LogP contribution in [0.3, 0.4) is 0 Å². The van der Waals surface area contributed by atoms with Crippen LogP contribution in [-0.4, -0.2) is 56.0 Å². The molecule has 2 aromatic rings. The second-order valence-corrected chi connectivity index (χ2v) is 7.89. The number of methoxy groups -OCH3 is 1. The van der Waals surface area contributed by atoms with Gasteiger partial charge in [-0.25, -0.2) is 0 Å². The van der Waals surface area contributed by atoms with E-state index in [4.69, 9.17) is 4.74 Å². The van der Waals surface area contributed by atoms with Crippen LogP contribution in [0.5, 0.6) is 5.75 Å². The van der Waals surface area contributed by atoms with Crippen molar-refractivity contribution in [3.63, 3.8) is 0 Å². The molecule has 4 nitrogen and oxygen atoms in total. The zero-order chi connectivity index (χ0) is 18.4.